The van der Waals surface area contributed by atoms with E-state index in [0.717, 1.165) is 68.8 Å². The van der Waals surface area contributed by atoms with E-state index in [2.05, 4.69) is 28.7 Å². The van der Waals surface area contributed by atoms with E-state index in [9.17, 15) is 4.79 Å². The molecule has 152 valence electrons. The molecule has 2 aliphatic heterocycles. The molecule has 0 bridgehead atoms. The molecule has 7 nitrogen and oxygen atoms in total. The molecule has 1 atom stereocenters. The van der Waals surface area contributed by atoms with Crippen LogP contribution >= 0.6 is 0 Å². The van der Waals surface area contributed by atoms with Crippen LogP contribution < -0.4 is 5.32 Å². The van der Waals surface area contributed by atoms with Gasteiger partial charge in [-0.25, -0.2) is 14.8 Å². The van der Waals surface area contributed by atoms with Crippen LogP contribution in [-0.2, 0) is 11.2 Å². The minimum Gasteiger partial charge on any atom is -0.376 e. The van der Waals surface area contributed by atoms with Crippen LogP contribution in [0.3, 0.4) is 0 Å². The van der Waals surface area contributed by atoms with Crippen molar-refractivity contribution < 1.29 is 9.53 Å². The second kappa shape index (κ2) is 8.47. The molecule has 2 aromatic heterocycles. The third kappa shape index (κ3) is 4.14. The number of carbonyl (C=O) groups is 1. The SMILES string of the molecule is CC(C)Cc1nc2cccnc2n1C1CCN(C(=O)NCC2CCCO2)CC1. The Morgan fingerprint density at radius 2 is 2.14 bits per heavy atom. The van der Waals surface area contributed by atoms with Crippen LogP contribution in [0.2, 0.25) is 0 Å². The summed E-state index contributed by atoms with van der Waals surface area (Å²) >= 11 is 0. The molecule has 0 aromatic carbocycles. The van der Waals surface area contributed by atoms with Crippen molar-refractivity contribution >= 4 is 17.2 Å². The highest BCUT2D eigenvalue weighted by Crippen LogP contribution is 2.29. The fourth-order valence-corrected chi connectivity index (χ4v) is 4.31. The second-order valence-electron chi connectivity index (χ2n) is 8.38. The van der Waals surface area contributed by atoms with E-state index in [1.807, 2.05) is 23.2 Å². The number of nitrogens with one attached hydrogen (secondary N) is 1. The average Bonchev–Trinajstić information content (AvgIpc) is 3.33. The molecule has 2 amide bonds. The number of fused-ring (bicyclic) bond motifs is 1. The number of pyridine rings is 1. The topological polar surface area (TPSA) is 72.3 Å². The summed E-state index contributed by atoms with van der Waals surface area (Å²) in [5.41, 5.74) is 1.94. The van der Waals surface area contributed by atoms with Crippen molar-refractivity contribution in [2.45, 2.75) is 58.1 Å². The van der Waals surface area contributed by atoms with E-state index >= 15 is 0 Å². The van der Waals surface area contributed by atoms with Gasteiger partial charge in [-0.05, 0) is 43.7 Å². The van der Waals surface area contributed by atoms with Crippen molar-refractivity contribution in [3.63, 3.8) is 0 Å². The number of amides is 2. The maximum absolute atomic E-state index is 12.5. The molecule has 1 unspecified atom stereocenters. The van der Waals surface area contributed by atoms with Crippen molar-refractivity contribution in [3.05, 3.63) is 24.2 Å². The van der Waals surface area contributed by atoms with Crippen LogP contribution in [0.1, 0.15) is 51.4 Å². The molecule has 7 heteroatoms. The Labute approximate surface area is 166 Å². The third-order valence-electron chi connectivity index (χ3n) is 5.73. The largest absolute Gasteiger partial charge is 0.376 e. The van der Waals surface area contributed by atoms with Gasteiger partial charge in [0, 0.05) is 44.9 Å². The Bertz CT molecular complexity index is 804. The number of aromatic nitrogens is 3. The smallest absolute Gasteiger partial charge is 0.317 e. The number of rotatable bonds is 5. The molecule has 4 rings (SSSR count). The van der Waals surface area contributed by atoms with Gasteiger partial charge in [0.1, 0.15) is 11.3 Å². The van der Waals surface area contributed by atoms with Gasteiger partial charge in [-0.15, -0.1) is 0 Å². The zero-order valence-electron chi connectivity index (χ0n) is 16.9. The lowest BCUT2D eigenvalue weighted by molar-refractivity contribution is 0.107. The number of imidazole rings is 1. The summed E-state index contributed by atoms with van der Waals surface area (Å²) in [6, 6.07) is 4.36. The molecule has 0 aliphatic carbocycles. The van der Waals surface area contributed by atoms with E-state index in [4.69, 9.17) is 9.72 Å². The Morgan fingerprint density at radius 1 is 1.32 bits per heavy atom. The van der Waals surface area contributed by atoms with Gasteiger partial charge in [-0.3, -0.25) is 0 Å². The number of hydrogen-bond acceptors (Lipinski definition) is 4. The molecule has 2 aliphatic rings. The zero-order valence-corrected chi connectivity index (χ0v) is 16.9. The number of nitrogens with zero attached hydrogens (tertiary/aromatic N) is 4. The predicted octanol–water partition coefficient (Wildman–Crippen LogP) is 3.16. The van der Waals surface area contributed by atoms with E-state index in [-0.39, 0.29) is 12.1 Å². The van der Waals surface area contributed by atoms with Gasteiger partial charge in [0.05, 0.1) is 6.10 Å². The van der Waals surface area contributed by atoms with Gasteiger partial charge in [0.15, 0.2) is 5.65 Å². The highest BCUT2D eigenvalue weighted by atomic mass is 16.5. The van der Waals surface area contributed by atoms with Crippen molar-refractivity contribution in [2.24, 2.45) is 5.92 Å². The van der Waals surface area contributed by atoms with E-state index in [1.54, 1.807) is 0 Å². The number of carbonyl (C=O) groups excluding carboxylic acids is 1. The Kier molecular flexibility index (Phi) is 5.80. The summed E-state index contributed by atoms with van der Waals surface area (Å²) < 4.78 is 7.92. The van der Waals surface area contributed by atoms with Crippen LogP contribution in [0.25, 0.3) is 11.2 Å². The lowest BCUT2D eigenvalue weighted by Gasteiger charge is -2.33. The zero-order chi connectivity index (χ0) is 19.5. The summed E-state index contributed by atoms with van der Waals surface area (Å²) in [6.45, 7) is 7.40. The summed E-state index contributed by atoms with van der Waals surface area (Å²) in [7, 11) is 0. The van der Waals surface area contributed by atoms with Crippen LogP contribution in [0, 0.1) is 5.92 Å². The number of urea groups is 1. The van der Waals surface area contributed by atoms with Crippen LogP contribution in [-0.4, -0.2) is 57.8 Å². The molecule has 1 N–H and O–H groups in total. The average molecular weight is 386 g/mol. The summed E-state index contributed by atoms with van der Waals surface area (Å²) in [5.74, 6) is 1.66. The Morgan fingerprint density at radius 3 is 2.86 bits per heavy atom. The lowest BCUT2D eigenvalue weighted by Crippen LogP contribution is -2.46. The summed E-state index contributed by atoms with van der Waals surface area (Å²) in [6.07, 6.45) is 6.97. The van der Waals surface area contributed by atoms with Gasteiger partial charge < -0.3 is 19.5 Å². The minimum absolute atomic E-state index is 0.0324. The standard InChI is InChI=1S/C21H31N5O2/c1-15(2)13-19-24-18-6-3-9-22-20(18)26(19)16-7-10-25(11-8-16)21(27)23-14-17-5-4-12-28-17/h3,6,9,15-17H,4-5,7-8,10-14H2,1-2H3,(H,23,27). The molecular formula is C21H31N5O2. The maximum atomic E-state index is 12.5. The van der Waals surface area contributed by atoms with Gasteiger partial charge in [-0.2, -0.15) is 0 Å². The molecule has 0 saturated carbocycles. The van der Waals surface area contributed by atoms with Crippen molar-refractivity contribution in [3.8, 4) is 0 Å². The van der Waals surface area contributed by atoms with Gasteiger partial charge >= 0.3 is 6.03 Å². The van der Waals surface area contributed by atoms with Crippen LogP contribution in [0.4, 0.5) is 4.79 Å². The fraction of sp³-hybridized carbons (Fsp3) is 0.667. The summed E-state index contributed by atoms with van der Waals surface area (Å²) in [4.78, 5) is 23.9. The Balaban J connectivity index is 1.41. The highest BCUT2D eigenvalue weighted by molar-refractivity contribution is 5.74. The fourth-order valence-electron chi connectivity index (χ4n) is 4.31. The maximum Gasteiger partial charge on any atom is 0.317 e. The first kappa shape index (κ1) is 19.2. The lowest BCUT2D eigenvalue weighted by atomic mass is 10.0. The minimum atomic E-state index is 0.0324. The molecule has 4 heterocycles. The molecule has 0 radical (unpaired) electrons. The first-order valence-electron chi connectivity index (χ1n) is 10.6. The Hall–Kier alpha value is -2.15. The molecular weight excluding hydrogens is 354 g/mol. The molecule has 2 saturated heterocycles. The highest BCUT2D eigenvalue weighted by Gasteiger charge is 2.28. The van der Waals surface area contributed by atoms with E-state index in [1.165, 1.54) is 0 Å². The van der Waals surface area contributed by atoms with Crippen molar-refractivity contribution in [2.75, 3.05) is 26.2 Å². The molecule has 2 aromatic rings. The number of likely N-dealkylation sites (tertiary alicyclic amines) is 1. The molecule has 2 fully saturated rings. The third-order valence-corrected chi connectivity index (χ3v) is 5.73. The monoisotopic (exact) mass is 385 g/mol. The summed E-state index contributed by atoms with van der Waals surface area (Å²) in [5, 5.41) is 3.04. The first-order chi connectivity index (χ1) is 13.6. The van der Waals surface area contributed by atoms with E-state index in [0.29, 0.717) is 18.5 Å². The van der Waals surface area contributed by atoms with Crippen molar-refractivity contribution in [1.82, 2.24) is 24.8 Å². The first-order valence-corrected chi connectivity index (χ1v) is 10.6. The number of ether oxygens (including phenoxy) is 1. The van der Waals surface area contributed by atoms with Crippen LogP contribution in [0.5, 0.6) is 0 Å². The van der Waals surface area contributed by atoms with Gasteiger partial charge in [-0.1, -0.05) is 13.8 Å². The van der Waals surface area contributed by atoms with Gasteiger partial charge in [0.25, 0.3) is 0 Å². The van der Waals surface area contributed by atoms with Gasteiger partial charge in [0.2, 0.25) is 0 Å². The van der Waals surface area contributed by atoms with Crippen LogP contribution in [0.15, 0.2) is 18.3 Å². The molecule has 28 heavy (non-hydrogen) atoms. The normalized spacial score (nSPS) is 21.0. The van der Waals surface area contributed by atoms with E-state index < -0.39 is 0 Å². The second-order valence-corrected chi connectivity index (χ2v) is 8.38. The number of piperidine rings is 1. The molecule has 0 spiro atoms. The quantitative estimate of drug-likeness (QED) is 0.858. The predicted molar refractivity (Wildman–Crippen MR) is 108 cm³/mol. The van der Waals surface area contributed by atoms with Crippen molar-refractivity contribution in [1.29, 1.82) is 0 Å². The number of hydrogen-bond donors (Lipinski definition) is 1.